The van der Waals surface area contributed by atoms with Crippen LogP contribution < -0.4 is 14.4 Å². The zero-order valence-electron chi connectivity index (χ0n) is 13.2. The highest BCUT2D eigenvalue weighted by atomic mass is 16.5. The minimum absolute atomic E-state index is 0.700. The maximum absolute atomic E-state index is 6.08. The summed E-state index contributed by atoms with van der Waals surface area (Å²) < 4.78 is 12.1. The van der Waals surface area contributed by atoms with Gasteiger partial charge < -0.3 is 9.47 Å². The lowest BCUT2D eigenvalue weighted by Crippen LogP contribution is -2.30. The van der Waals surface area contributed by atoms with Crippen LogP contribution in [0.2, 0.25) is 0 Å². The second-order valence-corrected chi connectivity index (χ2v) is 5.55. The largest absolute Gasteiger partial charge is 0.453 e. The second-order valence-electron chi connectivity index (χ2n) is 5.55. The number of para-hydroxylation sites is 2. The van der Waals surface area contributed by atoms with Crippen LogP contribution in [0.15, 0.2) is 78.4 Å². The van der Waals surface area contributed by atoms with Crippen LogP contribution in [0.5, 0.6) is 11.5 Å². The number of ether oxygens (including phenoxy) is 2. The number of rotatable bonds is 1. The van der Waals surface area contributed by atoms with Crippen molar-refractivity contribution in [3.63, 3.8) is 0 Å². The molecule has 3 nitrogen and oxygen atoms in total. The van der Waals surface area contributed by atoms with E-state index < -0.39 is 0 Å². The third kappa shape index (κ3) is 1.97. The van der Waals surface area contributed by atoms with Crippen LogP contribution in [-0.2, 0) is 0 Å². The number of benzene rings is 2. The summed E-state index contributed by atoms with van der Waals surface area (Å²) in [6.07, 6.45) is 3.68. The van der Waals surface area contributed by atoms with Gasteiger partial charge in [-0.2, -0.15) is 0 Å². The predicted molar refractivity (Wildman–Crippen MR) is 92.0 cm³/mol. The number of anilines is 2. The standard InChI is InChI=1S/C20H17NO2/c1-4-16-20-17(5-2)23-19-12-13(3)10-11-15(19)21(20)14-8-6-7-9-18(14)22-16/h4-12H,2H2,1,3H3/b16-4+. The van der Waals surface area contributed by atoms with Crippen molar-refractivity contribution in [2.24, 2.45) is 0 Å². The van der Waals surface area contributed by atoms with Gasteiger partial charge in [-0.15, -0.1) is 0 Å². The predicted octanol–water partition coefficient (Wildman–Crippen LogP) is 5.22. The van der Waals surface area contributed by atoms with E-state index in [1.165, 1.54) is 0 Å². The molecule has 0 radical (unpaired) electrons. The van der Waals surface area contributed by atoms with Crippen LogP contribution in [0.3, 0.4) is 0 Å². The molecule has 3 heteroatoms. The molecule has 0 saturated heterocycles. The number of hydrogen-bond donors (Lipinski definition) is 0. The van der Waals surface area contributed by atoms with Gasteiger partial charge in [0.05, 0.1) is 11.4 Å². The first-order valence-corrected chi connectivity index (χ1v) is 7.62. The molecule has 0 aliphatic carbocycles. The fourth-order valence-corrected chi connectivity index (χ4v) is 3.00. The van der Waals surface area contributed by atoms with Crippen LogP contribution in [0.1, 0.15) is 12.5 Å². The molecule has 0 spiro atoms. The molecule has 114 valence electrons. The van der Waals surface area contributed by atoms with Crippen LogP contribution in [-0.4, -0.2) is 0 Å². The van der Waals surface area contributed by atoms with Crippen molar-refractivity contribution in [1.29, 1.82) is 0 Å². The lowest BCUT2D eigenvalue weighted by molar-refractivity contribution is 0.384. The normalized spacial score (nSPS) is 17.0. The molecular weight excluding hydrogens is 286 g/mol. The van der Waals surface area contributed by atoms with Gasteiger partial charge in [0.2, 0.25) is 0 Å². The van der Waals surface area contributed by atoms with E-state index in [2.05, 4.69) is 36.6 Å². The Labute approximate surface area is 135 Å². The average molecular weight is 303 g/mol. The number of allylic oxidation sites excluding steroid dienone is 2. The lowest BCUT2D eigenvalue weighted by Gasteiger charge is -2.39. The molecule has 4 rings (SSSR count). The summed E-state index contributed by atoms with van der Waals surface area (Å²) in [6, 6.07) is 14.2. The maximum Gasteiger partial charge on any atom is 0.154 e. The Morgan fingerprint density at radius 2 is 1.78 bits per heavy atom. The minimum Gasteiger partial charge on any atom is -0.453 e. The van der Waals surface area contributed by atoms with Gasteiger partial charge in [-0.05, 0) is 55.8 Å². The number of fused-ring (bicyclic) bond motifs is 5. The number of aryl methyl sites for hydroxylation is 1. The average Bonchev–Trinajstić information content (AvgIpc) is 2.59. The van der Waals surface area contributed by atoms with E-state index in [9.17, 15) is 0 Å². The fourth-order valence-electron chi connectivity index (χ4n) is 3.00. The van der Waals surface area contributed by atoms with E-state index in [-0.39, 0.29) is 0 Å². The first kappa shape index (κ1) is 13.7. The van der Waals surface area contributed by atoms with Crippen molar-refractivity contribution in [3.05, 3.63) is 84.0 Å². The summed E-state index contributed by atoms with van der Waals surface area (Å²) in [5.74, 6) is 3.13. The van der Waals surface area contributed by atoms with Crippen molar-refractivity contribution in [3.8, 4) is 11.5 Å². The van der Waals surface area contributed by atoms with Crippen LogP contribution in [0.4, 0.5) is 11.4 Å². The van der Waals surface area contributed by atoms with E-state index in [4.69, 9.17) is 9.47 Å². The van der Waals surface area contributed by atoms with Crippen LogP contribution in [0, 0.1) is 6.92 Å². The van der Waals surface area contributed by atoms with E-state index in [1.54, 1.807) is 6.08 Å². The van der Waals surface area contributed by atoms with Crippen LogP contribution >= 0.6 is 0 Å². The smallest absolute Gasteiger partial charge is 0.154 e. The molecule has 0 fully saturated rings. The Morgan fingerprint density at radius 3 is 2.57 bits per heavy atom. The van der Waals surface area contributed by atoms with Crippen LogP contribution in [0.25, 0.3) is 0 Å². The molecule has 0 N–H and O–H groups in total. The summed E-state index contributed by atoms with van der Waals surface area (Å²) in [5, 5.41) is 0. The van der Waals surface area contributed by atoms with Gasteiger partial charge in [0.1, 0.15) is 5.70 Å². The van der Waals surface area contributed by atoms with E-state index in [1.807, 2.05) is 37.3 Å². The summed E-state index contributed by atoms with van der Waals surface area (Å²) in [7, 11) is 0. The van der Waals surface area contributed by atoms with Gasteiger partial charge in [-0.3, -0.25) is 4.90 Å². The molecule has 0 bridgehead atoms. The zero-order valence-corrected chi connectivity index (χ0v) is 13.2. The fraction of sp³-hybridized carbons (Fsp3) is 0.100. The van der Waals surface area contributed by atoms with Crippen molar-refractivity contribution in [2.75, 3.05) is 4.90 Å². The molecule has 0 atom stereocenters. The molecule has 2 aliphatic rings. The highest BCUT2D eigenvalue weighted by molar-refractivity contribution is 5.83. The SMILES string of the molecule is C=CC1=C2/C(=C\C)Oc3ccccc3N2c2ccc(C)cc2O1. The van der Waals surface area contributed by atoms with Crippen molar-refractivity contribution >= 4 is 11.4 Å². The maximum atomic E-state index is 6.08. The highest BCUT2D eigenvalue weighted by Crippen LogP contribution is 2.50. The second kappa shape index (κ2) is 5.06. The van der Waals surface area contributed by atoms with E-state index in [0.29, 0.717) is 5.76 Å². The van der Waals surface area contributed by atoms with Crippen molar-refractivity contribution < 1.29 is 9.47 Å². The molecule has 0 unspecified atom stereocenters. The van der Waals surface area contributed by atoms with Gasteiger partial charge in [0.15, 0.2) is 23.0 Å². The van der Waals surface area contributed by atoms with Gasteiger partial charge in [0, 0.05) is 0 Å². The molecule has 0 saturated carbocycles. The minimum atomic E-state index is 0.700. The molecule has 2 aliphatic heterocycles. The van der Waals surface area contributed by atoms with Gasteiger partial charge in [-0.1, -0.05) is 24.8 Å². The number of hydrogen-bond acceptors (Lipinski definition) is 3. The molecule has 2 aromatic rings. The van der Waals surface area contributed by atoms with Crippen molar-refractivity contribution in [1.82, 2.24) is 0 Å². The van der Waals surface area contributed by atoms with E-state index >= 15 is 0 Å². The number of nitrogens with zero attached hydrogens (tertiary/aromatic N) is 1. The summed E-state index contributed by atoms with van der Waals surface area (Å²) in [6.45, 7) is 7.92. The Balaban J connectivity index is 2.05. The zero-order chi connectivity index (χ0) is 16.0. The molecule has 2 aromatic carbocycles. The third-order valence-electron chi connectivity index (χ3n) is 4.04. The topological polar surface area (TPSA) is 21.7 Å². The monoisotopic (exact) mass is 303 g/mol. The Morgan fingerprint density at radius 1 is 1.00 bits per heavy atom. The quantitative estimate of drug-likeness (QED) is 0.721. The Bertz CT molecular complexity index is 877. The Hall–Kier alpha value is -2.94. The molecule has 23 heavy (non-hydrogen) atoms. The molecule has 0 amide bonds. The van der Waals surface area contributed by atoms with Gasteiger partial charge >= 0.3 is 0 Å². The molecule has 2 heterocycles. The summed E-state index contributed by atoms with van der Waals surface area (Å²) in [5.41, 5.74) is 4.05. The van der Waals surface area contributed by atoms with Gasteiger partial charge in [-0.25, -0.2) is 0 Å². The first-order valence-electron chi connectivity index (χ1n) is 7.62. The lowest BCUT2D eigenvalue weighted by atomic mass is 10.1. The summed E-state index contributed by atoms with van der Waals surface area (Å²) >= 11 is 0. The van der Waals surface area contributed by atoms with E-state index in [0.717, 1.165) is 39.9 Å². The molecule has 0 aromatic heterocycles. The van der Waals surface area contributed by atoms with Gasteiger partial charge in [0.25, 0.3) is 0 Å². The first-order chi connectivity index (χ1) is 11.2. The Kier molecular flexibility index (Phi) is 3.01. The molecular formula is C20H17NO2. The third-order valence-corrected chi connectivity index (χ3v) is 4.04. The highest BCUT2D eigenvalue weighted by Gasteiger charge is 2.35. The summed E-state index contributed by atoms with van der Waals surface area (Å²) in [4.78, 5) is 2.18. The van der Waals surface area contributed by atoms with Crippen molar-refractivity contribution in [2.45, 2.75) is 13.8 Å².